The van der Waals surface area contributed by atoms with E-state index in [0.29, 0.717) is 10.8 Å². The first-order valence-electron chi connectivity index (χ1n) is 7.59. The van der Waals surface area contributed by atoms with Gasteiger partial charge in [-0.2, -0.15) is 70.6 Å². The average Bonchev–Trinajstić information content (AvgIpc) is 2.49. The summed E-state index contributed by atoms with van der Waals surface area (Å²) >= 11 is 11.7. The summed E-state index contributed by atoms with van der Waals surface area (Å²) in [7, 11) is 0. The van der Waals surface area contributed by atoms with Gasteiger partial charge in [-0.1, -0.05) is 0 Å². The van der Waals surface area contributed by atoms with Crippen LogP contribution in [0.3, 0.4) is 0 Å². The summed E-state index contributed by atoms with van der Waals surface area (Å²) in [6, 6.07) is 0. The highest BCUT2D eigenvalue weighted by Crippen LogP contribution is 2.33. The summed E-state index contributed by atoms with van der Waals surface area (Å²) in [6.45, 7) is 1.79. The van der Waals surface area contributed by atoms with Gasteiger partial charge >= 0.3 is 0 Å². The van der Waals surface area contributed by atoms with Crippen molar-refractivity contribution in [3.8, 4) is 0 Å². The van der Waals surface area contributed by atoms with Crippen LogP contribution >= 0.6 is 70.6 Å². The maximum atomic E-state index is 6.40. The number of hydrogen-bond acceptors (Lipinski definition) is 7. The highest BCUT2D eigenvalue weighted by atomic mass is 32.2. The molecular formula is C16H34OS6. The normalized spacial score (nSPS) is 12.8. The molecule has 0 aromatic rings. The van der Waals surface area contributed by atoms with Crippen molar-refractivity contribution in [1.82, 2.24) is 0 Å². The van der Waals surface area contributed by atoms with E-state index in [9.17, 15) is 0 Å². The van der Waals surface area contributed by atoms with Gasteiger partial charge < -0.3 is 4.74 Å². The molecule has 0 saturated carbocycles. The first kappa shape index (κ1) is 25.1. The van der Waals surface area contributed by atoms with Gasteiger partial charge in [-0.05, 0) is 37.5 Å². The van der Waals surface area contributed by atoms with Crippen molar-refractivity contribution in [2.45, 2.75) is 0 Å². The van der Waals surface area contributed by atoms with Gasteiger partial charge in [0.1, 0.15) is 0 Å². The molecule has 0 N–H and O–H groups in total. The Morgan fingerprint density at radius 3 is 0.870 bits per heavy atom. The molecule has 140 valence electrons. The number of ether oxygens (including phenoxy) is 1. The fourth-order valence-corrected chi connectivity index (χ4v) is 9.00. The van der Waals surface area contributed by atoms with Crippen LogP contribution in [0.15, 0.2) is 0 Å². The predicted octanol–water partition coefficient (Wildman–Crippen LogP) is 5.15. The number of hydrogen-bond donors (Lipinski definition) is 0. The topological polar surface area (TPSA) is 9.23 Å². The summed E-state index contributed by atoms with van der Waals surface area (Å²) in [6.07, 6.45) is 13.3. The van der Waals surface area contributed by atoms with E-state index in [1.165, 1.54) is 34.5 Å². The molecule has 7 heteroatoms. The molecule has 0 unspecified atom stereocenters. The largest absolute Gasteiger partial charge is 0.380 e. The van der Waals surface area contributed by atoms with Crippen LogP contribution in [0, 0.1) is 10.8 Å². The molecule has 0 saturated heterocycles. The predicted molar refractivity (Wildman–Crippen MR) is 126 cm³/mol. The molecule has 0 rings (SSSR count). The molecule has 0 bridgehead atoms. The third-order valence-electron chi connectivity index (χ3n) is 3.52. The molecule has 0 atom stereocenters. The van der Waals surface area contributed by atoms with E-state index < -0.39 is 0 Å². The van der Waals surface area contributed by atoms with Crippen LogP contribution in [-0.2, 0) is 4.74 Å². The molecule has 0 aliphatic heterocycles. The van der Waals surface area contributed by atoms with Crippen LogP contribution in [0.25, 0.3) is 0 Å². The zero-order valence-corrected chi connectivity index (χ0v) is 20.4. The van der Waals surface area contributed by atoms with Crippen LogP contribution in [0.4, 0.5) is 0 Å². The molecule has 0 amide bonds. The van der Waals surface area contributed by atoms with Crippen molar-refractivity contribution in [2.24, 2.45) is 10.8 Å². The summed E-state index contributed by atoms with van der Waals surface area (Å²) < 4.78 is 6.40. The van der Waals surface area contributed by atoms with Crippen LogP contribution in [0.1, 0.15) is 0 Å². The Morgan fingerprint density at radius 2 is 0.696 bits per heavy atom. The summed E-state index contributed by atoms with van der Waals surface area (Å²) in [4.78, 5) is 0. The van der Waals surface area contributed by atoms with Crippen LogP contribution in [-0.4, -0.2) is 85.3 Å². The van der Waals surface area contributed by atoms with Gasteiger partial charge in [-0.25, -0.2) is 0 Å². The molecular weight excluding hydrogens is 401 g/mol. The zero-order chi connectivity index (χ0) is 17.6. The minimum absolute atomic E-state index is 0.308. The van der Waals surface area contributed by atoms with E-state index in [2.05, 4.69) is 37.5 Å². The Balaban J connectivity index is 4.82. The van der Waals surface area contributed by atoms with E-state index in [1.54, 1.807) is 0 Å². The monoisotopic (exact) mass is 434 g/mol. The van der Waals surface area contributed by atoms with Crippen LogP contribution < -0.4 is 0 Å². The minimum Gasteiger partial charge on any atom is -0.380 e. The van der Waals surface area contributed by atoms with Crippen molar-refractivity contribution in [3.63, 3.8) is 0 Å². The molecule has 0 aliphatic carbocycles. The fraction of sp³-hybridized carbons (Fsp3) is 1.00. The Morgan fingerprint density at radius 1 is 0.478 bits per heavy atom. The van der Waals surface area contributed by atoms with Crippen LogP contribution in [0.5, 0.6) is 0 Å². The van der Waals surface area contributed by atoms with Crippen molar-refractivity contribution >= 4 is 70.6 Å². The minimum atomic E-state index is 0.308. The Bertz CT molecular complexity index is 217. The molecule has 1 nitrogen and oxygen atoms in total. The Labute approximate surface area is 170 Å². The van der Waals surface area contributed by atoms with E-state index >= 15 is 0 Å². The first-order valence-corrected chi connectivity index (χ1v) is 16.0. The van der Waals surface area contributed by atoms with Gasteiger partial charge in [0.2, 0.25) is 0 Å². The highest BCUT2D eigenvalue weighted by Gasteiger charge is 2.33. The van der Waals surface area contributed by atoms with E-state index in [0.717, 1.165) is 13.2 Å². The average molecular weight is 435 g/mol. The van der Waals surface area contributed by atoms with Gasteiger partial charge in [-0.15, -0.1) is 0 Å². The first-order chi connectivity index (χ1) is 11.1. The maximum Gasteiger partial charge on any atom is 0.0546 e. The van der Waals surface area contributed by atoms with Crippen molar-refractivity contribution in [2.75, 3.05) is 85.3 Å². The van der Waals surface area contributed by atoms with Gasteiger partial charge in [-0.3, -0.25) is 0 Å². The third-order valence-corrected chi connectivity index (χ3v) is 8.93. The second-order valence-electron chi connectivity index (χ2n) is 6.09. The molecule has 0 aromatic carbocycles. The molecule has 0 radical (unpaired) electrons. The lowest BCUT2D eigenvalue weighted by molar-refractivity contribution is 0.0368. The molecule has 0 spiro atoms. The second-order valence-corrected chi connectivity index (χ2v) is 11.3. The highest BCUT2D eigenvalue weighted by molar-refractivity contribution is 8.01. The van der Waals surface area contributed by atoms with E-state index in [4.69, 9.17) is 4.74 Å². The summed E-state index contributed by atoms with van der Waals surface area (Å²) in [5.74, 6) is 7.14. The van der Waals surface area contributed by atoms with Gasteiger partial charge in [0.15, 0.2) is 0 Å². The number of rotatable bonds is 16. The molecule has 0 aliphatic rings. The quantitative estimate of drug-likeness (QED) is 0.328. The van der Waals surface area contributed by atoms with Gasteiger partial charge in [0.25, 0.3) is 0 Å². The van der Waals surface area contributed by atoms with Crippen molar-refractivity contribution in [3.05, 3.63) is 0 Å². The van der Waals surface area contributed by atoms with Crippen molar-refractivity contribution in [1.29, 1.82) is 0 Å². The standard InChI is InChI=1S/C16H34OS6/c1-18-9-15(10-19-2,11-20-3)7-17-8-16(12-21-4,13-22-5)14-23-6/h7-14H2,1-6H3. The molecule has 0 heterocycles. The Hall–Kier alpha value is 2.06. The van der Waals surface area contributed by atoms with E-state index in [-0.39, 0.29) is 0 Å². The maximum absolute atomic E-state index is 6.40. The molecule has 0 fully saturated rings. The third kappa shape index (κ3) is 10.1. The van der Waals surface area contributed by atoms with Gasteiger partial charge in [0, 0.05) is 45.3 Å². The lowest BCUT2D eigenvalue weighted by Gasteiger charge is -2.36. The Kier molecular flexibility index (Phi) is 16.5. The van der Waals surface area contributed by atoms with E-state index in [1.807, 2.05) is 70.6 Å². The SMILES string of the molecule is CSCC(COCC(CSC)(CSC)CSC)(CSC)CSC. The lowest BCUT2D eigenvalue weighted by Crippen LogP contribution is -2.40. The summed E-state index contributed by atoms with van der Waals surface area (Å²) in [5.41, 5.74) is 0.615. The van der Waals surface area contributed by atoms with Crippen molar-refractivity contribution < 1.29 is 4.74 Å². The van der Waals surface area contributed by atoms with Crippen LogP contribution in [0.2, 0.25) is 0 Å². The molecule has 23 heavy (non-hydrogen) atoms. The smallest absolute Gasteiger partial charge is 0.0546 e. The van der Waals surface area contributed by atoms with Gasteiger partial charge in [0.05, 0.1) is 13.2 Å². The lowest BCUT2D eigenvalue weighted by atomic mass is 9.95. The molecule has 0 aromatic heterocycles. The fourth-order valence-electron chi connectivity index (χ4n) is 2.82. The second kappa shape index (κ2) is 15.2. The summed E-state index contributed by atoms with van der Waals surface area (Å²) in [5, 5.41) is 0. The number of thioether (sulfide) groups is 6. The zero-order valence-electron chi connectivity index (χ0n) is 15.5.